The topological polar surface area (TPSA) is 83.5 Å². The Hall–Kier alpha value is -2.48. The van der Waals surface area contributed by atoms with Crippen molar-refractivity contribution in [3.8, 4) is 0 Å². The van der Waals surface area contributed by atoms with Crippen LogP contribution in [0.3, 0.4) is 0 Å². The number of hydrogen-bond acceptors (Lipinski definition) is 6. The predicted molar refractivity (Wildman–Crippen MR) is 106 cm³/mol. The summed E-state index contributed by atoms with van der Waals surface area (Å²) in [7, 11) is -1.16. The van der Waals surface area contributed by atoms with Gasteiger partial charge in [0.25, 0.3) is 5.91 Å². The van der Waals surface area contributed by atoms with E-state index in [0.717, 1.165) is 11.3 Å². The van der Waals surface area contributed by atoms with Crippen LogP contribution in [0.4, 0.5) is 11.5 Å². The number of aryl methyl sites for hydroxylation is 1. The number of aromatic nitrogens is 2. The number of rotatable bonds is 5. The van der Waals surface area contributed by atoms with Gasteiger partial charge in [-0.2, -0.15) is 0 Å². The second-order valence-electron chi connectivity index (χ2n) is 6.83. The Morgan fingerprint density at radius 2 is 2.00 bits per heavy atom. The molecule has 1 amide bonds. The van der Waals surface area contributed by atoms with Crippen LogP contribution in [0.15, 0.2) is 36.4 Å². The van der Waals surface area contributed by atoms with E-state index < -0.39 is 9.84 Å². The van der Waals surface area contributed by atoms with Crippen molar-refractivity contribution in [3.63, 3.8) is 0 Å². The molecule has 27 heavy (non-hydrogen) atoms. The maximum Gasteiger partial charge on any atom is 0.278 e. The van der Waals surface area contributed by atoms with Gasteiger partial charge in [0.2, 0.25) is 0 Å². The van der Waals surface area contributed by atoms with Crippen molar-refractivity contribution in [2.75, 3.05) is 34.9 Å². The maximum absolute atomic E-state index is 12.8. The first-order chi connectivity index (χ1) is 12.8. The monoisotopic (exact) mass is 388 g/mol. The molecule has 0 bridgehead atoms. The zero-order chi connectivity index (χ0) is 19.6. The molecule has 1 fully saturated rings. The first-order valence-electron chi connectivity index (χ1n) is 8.96. The van der Waals surface area contributed by atoms with E-state index in [1.807, 2.05) is 50.1 Å². The first-order valence-corrected chi connectivity index (χ1v) is 10.8. The van der Waals surface area contributed by atoms with E-state index in [1.54, 1.807) is 17.0 Å². The van der Waals surface area contributed by atoms with Gasteiger partial charge in [0.15, 0.2) is 21.3 Å². The molecule has 2 aromatic rings. The second kappa shape index (κ2) is 7.64. The van der Waals surface area contributed by atoms with Crippen molar-refractivity contribution in [2.24, 2.45) is 0 Å². The lowest BCUT2D eigenvalue weighted by Crippen LogP contribution is -2.34. The molecule has 0 N–H and O–H groups in total. The number of hydrogen-bond donors (Lipinski definition) is 0. The molecule has 0 aliphatic carbocycles. The summed E-state index contributed by atoms with van der Waals surface area (Å²) >= 11 is 0. The fourth-order valence-corrected chi connectivity index (χ4v) is 5.05. The molecule has 8 heteroatoms. The van der Waals surface area contributed by atoms with Gasteiger partial charge in [-0.25, -0.2) is 8.42 Å². The van der Waals surface area contributed by atoms with E-state index >= 15 is 0 Å². The van der Waals surface area contributed by atoms with Crippen LogP contribution in [0, 0.1) is 6.92 Å². The van der Waals surface area contributed by atoms with E-state index in [9.17, 15) is 13.2 Å². The summed E-state index contributed by atoms with van der Waals surface area (Å²) in [6.45, 7) is 4.41. The average Bonchev–Trinajstić information content (AvgIpc) is 3.02. The Labute approximate surface area is 159 Å². The van der Waals surface area contributed by atoms with Gasteiger partial charge >= 0.3 is 0 Å². The van der Waals surface area contributed by atoms with E-state index in [2.05, 4.69) is 10.2 Å². The Kier molecular flexibility index (Phi) is 5.46. The highest BCUT2D eigenvalue weighted by Gasteiger charge is 2.31. The third-order valence-corrected chi connectivity index (χ3v) is 6.61. The van der Waals surface area contributed by atoms with Crippen LogP contribution in [-0.2, 0) is 9.84 Å². The quantitative estimate of drug-likeness (QED) is 0.780. The van der Waals surface area contributed by atoms with E-state index in [0.29, 0.717) is 18.8 Å². The molecule has 1 aliphatic heterocycles. The molecule has 3 rings (SSSR count). The molecule has 0 radical (unpaired) electrons. The largest absolute Gasteiger partial charge is 0.354 e. The number of amides is 1. The number of carbonyl (C=O) groups excluding carboxylic acids is 1. The highest BCUT2D eigenvalue weighted by molar-refractivity contribution is 7.91. The summed E-state index contributed by atoms with van der Waals surface area (Å²) in [4.78, 5) is 16.3. The Morgan fingerprint density at radius 1 is 1.22 bits per heavy atom. The lowest BCUT2D eigenvalue weighted by molar-refractivity contribution is 0.0982. The van der Waals surface area contributed by atoms with Gasteiger partial charge < -0.3 is 9.80 Å². The lowest BCUT2D eigenvalue weighted by atomic mass is 10.2. The van der Waals surface area contributed by atoms with Crippen molar-refractivity contribution in [2.45, 2.75) is 26.3 Å². The van der Waals surface area contributed by atoms with Crippen molar-refractivity contribution in [1.82, 2.24) is 10.2 Å². The van der Waals surface area contributed by atoms with Crippen molar-refractivity contribution in [3.05, 3.63) is 47.7 Å². The standard InChI is InChI=1S/C19H24N4O3S/c1-4-23(15-7-5-6-14(2)12-15)19(24)17-8-9-18(21-20-17)22(3)16-10-11-27(25,26)13-16/h5-9,12,16H,4,10-11,13H2,1-3H3. The van der Waals surface area contributed by atoms with Crippen LogP contribution < -0.4 is 9.80 Å². The number of sulfone groups is 1. The molecular weight excluding hydrogens is 364 g/mol. The Morgan fingerprint density at radius 3 is 2.56 bits per heavy atom. The van der Waals surface area contributed by atoms with Gasteiger partial charge in [0.05, 0.1) is 11.5 Å². The molecular formula is C19H24N4O3S. The maximum atomic E-state index is 12.8. The highest BCUT2D eigenvalue weighted by Crippen LogP contribution is 2.22. The number of anilines is 2. The summed E-state index contributed by atoms with van der Waals surface area (Å²) in [6, 6.07) is 11.0. The third-order valence-electron chi connectivity index (χ3n) is 4.86. The minimum absolute atomic E-state index is 0.106. The fraction of sp³-hybridized carbons (Fsp3) is 0.421. The number of carbonyl (C=O) groups is 1. The van der Waals surface area contributed by atoms with Crippen LogP contribution in [0.2, 0.25) is 0 Å². The van der Waals surface area contributed by atoms with Crippen LogP contribution in [0.25, 0.3) is 0 Å². The molecule has 0 spiro atoms. The smallest absolute Gasteiger partial charge is 0.278 e. The zero-order valence-corrected chi connectivity index (χ0v) is 16.6. The van der Waals surface area contributed by atoms with E-state index in [-0.39, 0.29) is 29.1 Å². The Balaban J connectivity index is 1.77. The van der Waals surface area contributed by atoms with Gasteiger partial charge in [-0.3, -0.25) is 4.79 Å². The minimum atomic E-state index is -2.97. The molecule has 1 aliphatic rings. The van der Waals surface area contributed by atoms with Gasteiger partial charge in [0.1, 0.15) is 0 Å². The first kappa shape index (κ1) is 19.3. The number of benzene rings is 1. The van der Waals surface area contributed by atoms with Crippen LogP contribution in [0.1, 0.15) is 29.4 Å². The highest BCUT2D eigenvalue weighted by atomic mass is 32.2. The molecule has 1 unspecified atom stereocenters. The Bertz CT molecular complexity index is 928. The van der Waals surface area contributed by atoms with Crippen LogP contribution >= 0.6 is 0 Å². The van der Waals surface area contributed by atoms with Crippen molar-refractivity contribution >= 4 is 27.2 Å². The molecule has 144 valence electrons. The van der Waals surface area contributed by atoms with Gasteiger partial charge in [-0.15, -0.1) is 10.2 Å². The molecule has 1 atom stereocenters. The summed E-state index contributed by atoms with van der Waals surface area (Å²) < 4.78 is 23.3. The second-order valence-corrected chi connectivity index (χ2v) is 9.06. The summed E-state index contributed by atoms with van der Waals surface area (Å²) in [5, 5.41) is 8.25. The zero-order valence-electron chi connectivity index (χ0n) is 15.8. The molecule has 2 heterocycles. The van der Waals surface area contributed by atoms with Gasteiger partial charge in [0, 0.05) is 25.3 Å². The summed E-state index contributed by atoms with van der Waals surface area (Å²) in [5.41, 5.74) is 2.16. The average molecular weight is 388 g/mol. The van der Waals surface area contributed by atoms with E-state index in [1.165, 1.54) is 0 Å². The van der Waals surface area contributed by atoms with Crippen LogP contribution in [-0.4, -0.2) is 55.7 Å². The van der Waals surface area contributed by atoms with E-state index in [4.69, 9.17) is 0 Å². The summed E-state index contributed by atoms with van der Waals surface area (Å²) in [6.07, 6.45) is 0.582. The molecule has 0 saturated carbocycles. The van der Waals surface area contributed by atoms with Crippen molar-refractivity contribution < 1.29 is 13.2 Å². The molecule has 1 aromatic heterocycles. The fourth-order valence-electron chi connectivity index (χ4n) is 3.27. The lowest BCUT2D eigenvalue weighted by Gasteiger charge is -2.24. The molecule has 1 aromatic carbocycles. The van der Waals surface area contributed by atoms with Crippen LogP contribution in [0.5, 0.6) is 0 Å². The molecule has 7 nitrogen and oxygen atoms in total. The minimum Gasteiger partial charge on any atom is -0.354 e. The third kappa shape index (κ3) is 4.27. The summed E-state index contributed by atoms with van der Waals surface area (Å²) in [5.74, 6) is 0.678. The van der Waals surface area contributed by atoms with Gasteiger partial charge in [-0.1, -0.05) is 12.1 Å². The van der Waals surface area contributed by atoms with Gasteiger partial charge in [-0.05, 0) is 50.1 Å². The predicted octanol–water partition coefficient (Wildman–Crippen LogP) is 2.08. The normalized spacial score (nSPS) is 18.3. The number of nitrogens with zero attached hydrogens (tertiary/aromatic N) is 4. The van der Waals surface area contributed by atoms with Crippen molar-refractivity contribution in [1.29, 1.82) is 0 Å². The molecule has 1 saturated heterocycles. The SMILES string of the molecule is CCN(C(=O)c1ccc(N(C)C2CCS(=O)(=O)C2)nn1)c1cccc(C)c1.